The van der Waals surface area contributed by atoms with E-state index in [1.54, 1.807) is 0 Å². The zero-order valence-corrected chi connectivity index (χ0v) is 15.5. The molecule has 1 aliphatic heterocycles. The first-order valence-corrected chi connectivity index (χ1v) is 10.0. The van der Waals surface area contributed by atoms with Crippen LogP contribution < -0.4 is 16.0 Å². The Bertz CT molecular complexity index is 792. The highest BCUT2D eigenvalue weighted by Crippen LogP contribution is 2.34. The average Bonchev–Trinajstić information content (AvgIpc) is 2.87. The van der Waals surface area contributed by atoms with Gasteiger partial charge in [-0.25, -0.2) is 17.9 Å². The molecule has 4 atom stereocenters. The van der Waals surface area contributed by atoms with Crippen molar-refractivity contribution in [3.63, 3.8) is 0 Å². The third kappa shape index (κ3) is 4.91. The van der Waals surface area contributed by atoms with Gasteiger partial charge in [-0.2, -0.15) is 0 Å². The summed E-state index contributed by atoms with van der Waals surface area (Å²) >= 11 is 5.52. The fraction of sp³-hybridized carbons (Fsp3) is 0.714. The molecule has 1 saturated heterocycles. The Morgan fingerprint density at radius 1 is 1.44 bits per heavy atom. The van der Waals surface area contributed by atoms with Gasteiger partial charge in [-0.15, -0.1) is 11.6 Å². The lowest BCUT2D eigenvalue weighted by atomic mass is 10.0. The summed E-state index contributed by atoms with van der Waals surface area (Å²) < 4.78 is 38.8. The van der Waals surface area contributed by atoms with Gasteiger partial charge < -0.3 is 9.47 Å². The Morgan fingerprint density at radius 3 is 2.76 bits per heavy atom. The second-order valence-electron chi connectivity index (χ2n) is 5.85. The van der Waals surface area contributed by atoms with Crippen molar-refractivity contribution in [3.8, 4) is 0 Å². The minimum absolute atomic E-state index is 0.0558. The van der Waals surface area contributed by atoms with Crippen LogP contribution in [0, 0.1) is 5.92 Å². The number of rotatable bonds is 8. The van der Waals surface area contributed by atoms with E-state index in [4.69, 9.17) is 21.1 Å². The van der Waals surface area contributed by atoms with E-state index in [0.29, 0.717) is 6.42 Å². The van der Waals surface area contributed by atoms with Gasteiger partial charge in [-0.3, -0.25) is 14.3 Å². The van der Waals surface area contributed by atoms with Gasteiger partial charge in [0, 0.05) is 37.7 Å². The van der Waals surface area contributed by atoms with Gasteiger partial charge in [0.15, 0.2) is 6.23 Å². The highest BCUT2D eigenvalue weighted by atomic mass is 35.5. The van der Waals surface area contributed by atoms with Gasteiger partial charge in [-0.1, -0.05) is 6.92 Å². The molecule has 25 heavy (non-hydrogen) atoms. The fourth-order valence-electron chi connectivity index (χ4n) is 2.79. The second kappa shape index (κ2) is 8.45. The van der Waals surface area contributed by atoms with Crippen molar-refractivity contribution < 1.29 is 17.9 Å². The number of nitrogens with one attached hydrogen (secondary N) is 2. The number of aromatic amines is 1. The molecule has 142 valence electrons. The molecule has 1 aromatic rings. The highest BCUT2D eigenvalue weighted by molar-refractivity contribution is 7.89. The normalized spacial score (nSPS) is 26.8. The number of ether oxygens (including phenoxy) is 2. The Labute approximate surface area is 150 Å². The topological polar surface area (TPSA) is 119 Å². The van der Waals surface area contributed by atoms with Crippen LogP contribution in [0.15, 0.2) is 21.9 Å². The SMILES string of the molecule is CO[C@@H]1[C@H](C)[C@@H](CNS(=O)(=O)CCCCl)O[C@H]1n1ccc(=O)[nH]c1=O. The monoisotopic (exact) mass is 395 g/mol. The van der Waals surface area contributed by atoms with Crippen LogP contribution in [-0.4, -0.2) is 55.5 Å². The van der Waals surface area contributed by atoms with Crippen molar-refractivity contribution in [2.75, 3.05) is 25.3 Å². The van der Waals surface area contributed by atoms with E-state index in [-0.39, 0.29) is 24.1 Å². The van der Waals surface area contributed by atoms with Crippen molar-refractivity contribution in [1.82, 2.24) is 14.3 Å². The average molecular weight is 396 g/mol. The molecule has 2 N–H and O–H groups in total. The van der Waals surface area contributed by atoms with Gasteiger partial charge >= 0.3 is 5.69 Å². The van der Waals surface area contributed by atoms with Gasteiger partial charge in [0.25, 0.3) is 5.56 Å². The van der Waals surface area contributed by atoms with Crippen LogP contribution in [0.1, 0.15) is 19.6 Å². The molecule has 1 fully saturated rings. The molecule has 1 aromatic heterocycles. The number of sulfonamides is 1. The summed E-state index contributed by atoms with van der Waals surface area (Å²) in [6.45, 7) is 1.91. The summed E-state index contributed by atoms with van der Waals surface area (Å²) in [5.41, 5.74) is -1.13. The molecule has 0 spiro atoms. The van der Waals surface area contributed by atoms with E-state index in [1.165, 1.54) is 23.9 Å². The summed E-state index contributed by atoms with van der Waals surface area (Å²) in [6, 6.07) is 1.21. The maximum atomic E-state index is 12.0. The fourth-order valence-corrected chi connectivity index (χ4v) is 4.17. The quantitative estimate of drug-likeness (QED) is 0.580. The van der Waals surface area contributed by atoms with Crippen molar-refractivity contribution >= 4 is 21.6 Å². The lowest BCUT2D eigenvalue weighted by Crippen LogP contribution is -2.37. The van der Waals surface area contributed by atoms with Gasteiger partial charge in [0.05, 0.1) is 11.9 Å². The molecule has 0 amide bonds. The molecule has 0 saturated carbocycles. The van der Waals surface area contributed by atoms with Crippen molar-refractivity contribution in [2.45, 2.75) is 31.8 Å². The lowest BCUT2D eigenvalue weighted by Gasteiger charge is -2.20. The zero-order chi connectivity index (χ0) is 18.6. The summed E-state index contributed by atoms with van der Waals surface area (Å²) in [6.07, 6.45) is -0.0340. The summed E-state index contributed by atoms with van der Waals surface area (Å²) in [7, 11) is -1.96. The Hall–Kier alpha value is -1.20. The first-order chi connectivity index (χ1) is 11.8. The van der Waals surface area contributed by atoms with E-state index in [2.05, 4.69) is 9.71 Å². The molecule has 9 nitrogen and oxygen atoms in total. The van der Waals surface area contributed by atoms with E-state index in [0.717, 1.165) is 0 Å². The number of nitrogens with zero attached hydrogens (tertiary/aromatic N) is 1. The molecule has 11 heteroatoms. The minimum atomic E-state index is -3.45. The summed E-state index contributed by atoms with van der Waals surface area (Å²) in [5.74, 6) is 0.0263. The van der Waals surface area contributed by atoms with Crippen LogP contribution in [0.4, 0.5) is 0 Å². The van der Waals surface area contributed by atoms with Crippen LogP contribution in [0.3, 0.4) is 0 Å². The molecular weight excluding hydrogens is 374 g/mol. The van der Waals surface area contributed by atoms with E-state index < -0.39 is 39.7 Å². The van der Waals surface area contributed by atoms with E-state index in [1.807, 2.05) is 6.92 Å². The first-order valence-electron chi connectivity index (χ1n) is 7.82. The maximum absolute atomic E-state index is 12.0. The standard InChI is InChI=1S/C14H22ClN3O6S/c1-9-10(8-16-25(21,22)7-3-5-15)24-13(12(9)23-2)18-6-4-11(19)17-14(18)20/h4,6,9-10,12-13,16H,3,5,7-8H2,1-2H3,(H,17,19,20)/t9-,10-,12-,13-/m1/s1. The zero-order valence-electron chi connectivity index (χ0n) is 14.0. The molecule has 0 bridgehead atoms. The Kier molecular flexibility index (Phi) is 6.80. The molecule has 0 radical (unpaired) electrons. The Morgan fingerprint density at radius 2 is 2.16 bits per heavy atom. The van der Waals surface area contributed by atoms with Crippen molar-refractivity contribution in [2.24, 2.45) is 5.92 Å². The lowest BCUT2D eigenvalue weighted by molar-refractivity contribution is -0.0512. The maximum Gasteiger partial charge on any atom is 0.330 e. The number of H-pyrrole nitrogens is 1. The molecule has 1 aliphatic rings. The molecule has 2 rings (SSSR count). The van der Waals surface area contributed by atoms with E-state index in [9.17, 15) is 18.0 Å². The predicted octanol–water partition coefficient (Wildman–Crippen LogP) is -0.367. The first kappa shape index (κ1) is 20.1. The van der Waals surface area contributed by atoms with Crippen LogP contribution >= 0.6 is 11.6 Å². The molecule has 0 aliphatic carbocycles. The molecule has 0 aromatic carbocycles. The Balaban J connectivity index is 2.13. The highest BCUT2D eigenvalue weighted by Gasteiger charge is 2.43. The minimum Gasteiger partial charge on any atom is -0.376 e. The number of hydrogen-bond donors (Lipinski definition) is 2. The summed E-state index contributed by atoms with van der Waals surface area (Å²) in [4.78, 5) is 25.4. The largest absolute Gasteiger partial charge is 0.376 e. The summed E-state index contributed by atoms with van der Waals surface area (Å²) in [5, 5.41) is 0. The number of methoxy groups -OCH3 is 1. The van der Waals surface area contributed by atoms with Gasteiger partial charge in [0.2, 0.25) is 10.0 Å². The number of halogens is 1. The van der Waals surface area contributed by atoms with Crippen molar-refractivity contribution in [3.05, 3.63) is 33.1 Å². The number of aromatic nitrogens is 2. The van der Waals surface area contributed by atoms with Gasteiger partial charge in [-0.05, 0) is 6.42 Å². The van der Waals surface area contributed by atoms with Crippen LogP contribution in [0.5, 0.6) is 0 Å². The number of alkyl halides is 1. The second-order valence-corrected chi connectivity index (χ2v) is 8.16. The molecular formula is C14H22ClN3O6S. The number of hydrogen-bond acceptors (Lipinski definition) is 6. The van der Waals surface area contributed by atoms with Crippen molar-refractivity contribution in [1.29, 1.82) is 0 Å². The predicted molar refractivity (Wildman–Crippen MR) is 92.3 cm³/mol. The van der Waals surface area contributed by atoms with Crippen LogP contribution in [0.25, 0.3) is 0 Å². The third-order valence-corrected chi connectivity index (χ3v) is 5.85. The third-order valence-electron chi connectivity index (χ3n) is 4.15. The van der Waals surface area contributed by atoms with Gasteiger partial charge in [0.1, 0.15) is 6.10 Å². The smallest absolute Gasteiger partial charge is 0.330 e. The molecule has 0 unspecified atom stereocenters. The molecule has 2 heterocycles. The van der Waals surface area contributed by atoms with Crippen LogP contribution in [0.2, 0.25) is 0 Å². The van der Waals surface area contributed by atoms with Crippen LogP contribution in [-0.2, 0) is 19.5 Å². The van der Waals surface area contributed by atoms with E-state index >= 15 is 0 Å².